The van der Waals surface area contributed by atoms with E-state index in [1.165, 1.54) is 17.7 Å². The molecule has 1 aromatic heterocycles. The monoisotopic (exact) mass is 684 g/mol. The maximum Gasteiger partial charge on any atom is 0.338 e. The highest BCUT2D eigenvalue weighted by atomic mass is 32.2. The zero-order valence-electron chi connectivity index (χ0n) is 27.8. The molecule has 256 valence electrons. The Labute approximate surface area is 290 Å². The van der Waals surface area contributed by atoms with Gasteiger partial charge in [0.25, 0.3) is 5.91 Å². The topological polar surface area (TPSA) is 90.2 Å². The van der Waals surface area contributed by atoms with E-state index in [0.29, 0.717) is 66.9 Å². The van der Waals surface area contributed by atoms with Gasteiger partial charge in [-0.15, -0.1) is 0 Å². The van der Waals surface area contributed by atoms with Crippen molar-refractivity contribution in [2.45, 2.75) is 38.2 Å². The summed E-state index contributed by atoms with van der Waals surface area (Å²) in [5.74, 6) is -0.0941. The molecule has 0 saturated heterocycles. The number of carbonyl (C=O) groups is 2. The fraction of sp³-hybridized carbons (Fsp3) is 0.333. The molecule has 2 aliphatic rings. The van der Waals surface area contributed by atoms with E-state index in [-0.39, 0.29) is 24.3 Å². The number of ether oxygens (including phenoxy) is 3. The third-order valence-corrected chi connectivity index (χ3v) is 9.43. The highest BCUT2D eigenvalue weighted by molar-refractivity contribution is 7.99. The predicted molar refractivity (Wildman–Crippen MR) is 191 cm³/mol. The summed E-state index contributed by atoms with van der Waals surface area (Å²) in [7, 11) is 1.60. The Morgan fingerprint density at radius 3 is 2.45 bits per heavy atom. The van der Waals surface area contributed by atoms with E-state index in [2.05, 4.69) is 27.8 Å². The zero-order valence-corrected chi connectivity index (χ0v) is 28.7. The Morgan fingerprint density at radius 2 is 1.76 bits per heavy atom. The highest BCUT2D eigenvalue weighted by Gasteiger charge is 2.31. The van der Waals surface area contributed by atoms with Gasteiger partial charge in [0.05, 0.1) is 49.8 Å². The summed E-state index contributed by atoms with van der Waals surface area (Å²) in [6.45, 7) is 2.73. The molecule has 2 aliphatic carbocycles. The minimum atomic E-state index is -0.351. The van der Waals surface area contributed by atoms with Crippen molar-refractivity contribution in [1.82, 2.24) is 5.32 Å². The van der Waals surface area contributed by atoms with Gasteiger partial charge >= 0.3 is 5.97 Å². The van der Waals surface area contributed by atoms with Crippen LogP contribution in [0.5, 0.6) is 0 Å². The molecule has 3 aromatic carbocycles. The molecule has 1 saturated carbocycles. The van der Waals surface area contributed by atoms with Gasteiger partial charge in [0.1, 0.15) is 23.8 Å². The van der Waals surface area contributed by atoms with Crippen LogP contribution >= 0.6 is 11.9 Å². The van der Waals surface area contributed by atoms with Crippen molar-refractivity contribution in [1.29, 1.82) is 0 Å². The highest BCUT2D eigenvalue weighted by Crippen LogP contribution is 2.48. The first kappa shape index (κ1) is 34.5. The molecule has 6 rings (SSSR count). The fourth-order valence-electron chi connectivity index (χ4n) is 5.85. The predicted octanol–water partition coefficient (Wildman–Crippen LogP) is 8.23. The smallest absolute Gasteiger partial charge is 0.338 e. The van der Waals surface area contributed by atoms with Crippen LogP contribution in [0.3, 0.4) is 0 Å². The van der Waals surface area contributed by atoms with Crippen molar-refractivity contribution in [3.05, 3.63) is 113 Å². The Balaban J connectivity index is 1.01. The zero-order chi connectivity index (χ0) is 34.2. The van der Waals surface area contributed by atoms with Crippen molar-refractivity contribution in [2.75, 3.05) is 50.6 Å². The summed E-state index contributed by atoms with van der Waals surface area (Å²) >= 11 is 1.61. The molecule has 10 heteroatoms. The number of nitrogens with zero attached hydrogens (tertiary/aromatic N) is 1. The molecule has 1 amide bonds. The van der Waals surface area contributed by atoms with Crippen LogP contribution in [0.1, 0.15) is 63.4 Å². The Hall–Kier alpha value is -4.38. The normalized spacial score (nSPS) is 14.1. The third-order valence-electron chi connectivity index (χ3n) is 8.61. The number of allylic oxidation sites excluding steroid dienone is 2. The minimum absolute atomic E-state index is 0.247. The largest absolute Gasteiger partial charge is 0.457 e. The minimum Gasteiger partial charge on any atom is -0.457 e. The Morgan fingerprint density at radius 1 is 0.980 bits per heavy atom. The Kier molecular flexibility index (Phi) is 11.5. The van der Waals surface area contributed by atoms with Gasteiger partial charge in [-0.25, -0.2) is 9.18 Å². The van der Waals surface area contributed by atoms with Crippen molar-refractivity contribution in [3.63, 3.8) is 0 Å². The number of esters is 1. The van der Waals surface area contributed by atoms with Crippen LogP contribution in [0, 0.1) is 5.82 Å². The van der Waals surface area contributed by atoms with E-state index in [9.17, 15) is 14.0 Å². The molecule has 4 aromatic rings. The molecular formula is C39H41FN2O6S. The second kappa shape index (κ2) is 16.3. The third kappa shape index (κ3) is 8.62. The van der Waals surface area contributed by atoms with Crippen molar-refractivity contribution < 1.29 is 32.6 Å². The van der Waals surface area contributed by atoms with Gasteiger partial charge in [-0.2, -0.15) is 0 Å². The average molecular weight is 685 g/mol. The van der Waals surface area contributed by atoms with Crippen LogP contribution in [0.2, 0.25) is 0 Å². The van der Waals surface area contributed by atoms with Gasteiger partial charge in [-0.05, 0) is 90.8 Å². The van der Waals surface area contributed by atoms with Crippen molar-refractivity contribution in [3.8, 4) is 11.3 Å². The molecule has 1 N–H and O–H groups in total. The molecule has 8 nitrogen and oxygen atoms in total. The van der Waals surface area contributed by atoms with Crippen LogP contribution in [0.4, 0.5) is 10.1 Å². The number of rotatable bonds is 16. The molecule has 0 unspecified atom stereocenters. The van der Waals surface area contributed by atoms with Crippen LogP contribution in [0.15, 0.2) is 88.9 Å². The average Bonchev–Trinajstić information content (AvgIpc) is 3.92. The lowest BCUT2D eigenvalue weighted by molar-refractivity contribution is 0.0436. The summed E-state index contributed by atoms with van der Waals surface area (Å²) in [5.41, 5.74) is 6.43. The number of hydrogen-bond acceptors (Lipinski definition) is 8. The maximum absolute atomic E-state index is 13.7. The van der Waals surface area contributed by atoms with Crippen LogP contribution in [-0.2, 0) is 20.8 Å². The van der Waals surface area contributed by atoms with Crippen LogP contribution in [0.25, 0.3) is 22.3 Å². The first-order valence-electron chi connectivity index (χ1n) is 16.6. The maximum atomic E-state index is 13.7. The molecule has 1 fully saturated rings. The van der Waals surface area contributed by atoms with E-state index in [0.717, 1.165) is 47.9 Å². The van der Waals surface area contributed by atoms with Gasteiger partial charge < -0.3 is 28.2 Å². The van der Waals surface area contributed by atoms with Gasteiger partial charge in [-0.3, -0.25) is 4.79 Å². The summed E-state index contributed by atoms with van der Waals surface area (Å²) in [6.07, 6.45) is 12.4. The van der Waals surface area contributed by atoms with Gasteiger partial charge in [0.2, 0.25) is 0 Å². The quantitative estimate of drug-likeness (QED) is 0.0718. The molecule has 0 radical (unpaired) electrons. The molecule has 0 bridgehead atoms. The number of furan rings is 1. The molecular weight excluding hydrogens is 644 g/mol. The van der Waals surface area contributed by atoms with E-state index >= 15 is 0 Å². The van der Waals surface area contributed by atoms with Gasteiger partial charge in [0, 0.05) is 30.3 Å². The number of benzene rings is 3. The first-order valence-corrected chi connectivity index (χ1v) is 17.8. The number of amides is 1. The molecule has 1 heterocycles. The van der Waals surface area contributed by atoms with E-state index in [1.807, 2.05) is 30.5 Å². The molecule has 49 heavy (non-hydrogen) atoms. The van der Waals surface area contributed by atoms with Gasteiger partial charge in [0.15, 0.2) is 0 Å². The second-order valence-electron chi connectivity index (χ2n) is 12.1. The number of nitrogens with one attached hydrogen (secondary N) is 1. The number of hydrogen-bond donors (Lipinski definition) is 1. The number of carbonyl (C=O) groups excluding carboxylic acids is 2. The SMILES string of the molecule is CNC(=O)c1c(-c2ccc(F)cc2)oc2cc(N(CCOCCOCc3ccc(C(=O)OCC4=CCCC=C4)cc3)SC)c(C3CC3)cc12. The number of halogens is 1. The van der Waals surface area contributed by atoms with Gasteiger partial charge in [-0.1, -0.05) is 42.3 Å². The lowest BCUT2D eigenvalue weighted by Gasteiger charge is -2.24. The number of anilines is 1. The summed E-state index contributed by atoms with van der Waals surface area (Å²) in [6, 6.07) is 17.4. The van der Waals surface area contributed by atoms with Crippen molar-refractivity contribution >= 4 is 40.5 Å². The molecule has 0 atom stereocenters. The Bertz CT molecular complexity index is 1830. The van der Waals surface area contributed by atoms with E-state index in [4.69, 9.17) is 18.6 Å². The van der Waals surface area contributed by atoms with E-state index < -0.39 is 0 Å². The molecule has 0 aliphatic heterocycles. The van der Waals surface area contributed by atoms with Crippen LogP contribution < -0.4 is 9.62 Å². The summed E-state index contributed by atoms with van der Waals surface area (Å²) < 4.78 is 39.4. The molecule has 0 spiro atoms. The first-order chi connectivity index (χ1) is 23.9. The standard InChI is InChI=1S/C39H41FN2O6S/c1-41-38(43)36-33-22-32(28-12-13-28)34(23-35(33)48-37(36)29-14-16-31(40)17-15-29)42(49-2)18-19-45-20-21-46-24-27-8-10-30(11-9-27)39(44)47-25-26-6-4-3-5-7-26/h4,6-11,14-17,22-23,28H,3,5,12-13,18-21,24-25H2,1-2H3,(H,41,43). The lowest BCUT2D eigenvalue weighted by atomic mass is 10.0. The summed E-state index contributed by atoms with van der Waals surface area (Å²) in [5, 5.41) is 3.49. The number of fused-ring (bicyclic) bond motifs is 1. The van der Waals surface area contributed by atoms with Crippen LogP contribution in [-0.4, -0.2) is 58.2 Å². The second-order valence-corrected chi connectivity index (χ2v) is 12.9. The summed E-state index contributed by atoms with van der Waals surface area (Å²) in [4.78, 5) is 25.4. The fourth-order valence-corrected chi connectivity index (χ4v) is 6.46. The van der Waals surface area contributed by atoms with E-state index in [1.54, 1.807) is 43.3 Å². The van der Waals surface area contributed by atoms with Crippen molar-refractivity contribution in [2.24, 2.45) is 0 Å². The lowest BCUT2D eigenvalue weighted by Crippen LogP contribution is -2.22.